The second-order valence-electron chi connectivity index (χ2n) is 4.32. The van der Waals surface area contributed by atoms with Crippen molar-refractivity contribution in [2.24, 2.45) is 0 Å². The monoisotopic (exact) mass is 547 g/mol. The second kappa shape index (κ2) is 21.1. The molecule has 0 aromatic carbocycles. The van der Waals surface area contributed by atoms with Gasteiger partial charge >= 0.3 is 40.8 Å². The van der Waals surface area contributed by atoms with Crippen LogP contribution in [0.1, 0.15) is 0 Å². The largest absolute Gasteiger partial charge is 3.00 e. The normalized spacial score (nSPS) is 11.6. The minimum Gasteiger partial charge on any atom is -0.849 e. The van der Waals surface area contributed by atoms with Crippen LogP contribution in [0.3, 0.4) is 0 Å². The minimum atomic E-state index is -1.39. The first-order valence-electron chi connectivity index (χ1n) is 7.44. The summed E-state index contributed by atoms with van der Waals surface area (Å²) >= 11 is 0. The van der Waals surface area contributed by atoms with Gasteiger partial charge in [-0.1, -0.05) is 19.8 Å². The topological polar surface area (TPSA) is 152 Å². The molecule has 0 heterocycles. The van der Waals surface area contributed by atoms with Crippen LogP contribution in [0.15, 0.2) is 0 Å². The molecule has 0 saturated heterocycles. The molecule has 0 spiro atoms. The van der Waals surface area contributed by atoms with Gasteiger partial charge in [0, 0.05) is 64.0 Å². The Morgan fingerprint density at radius 1 is 0.393 bits per heavy atom. The Morgan fingerprint density at radius 2 is 0.500 bits per heavy atom. The third-order valence-corrected chi connectivity index (χ3v) is 3.33. The van der Waals surface area contributed by atoms with E-state index in [9.17, 15) is 15.3 Å². The summed E-state index contributed by atoms with van der Waals surface area (Å²) in [6.07, 6.45) is 0. The van der Waals surface area contributed by atoms with E-state index in [1.165, 1.54) is 64.0 Å². The van der Waals surface area contributed by atoms with Gasteiger partial charge < -0.3 is 58.0 Å². The number of hydrogen-bond donors (Lipinski definition) is 0. The van der Waals surface area contributed by atoms with Gasteiger partial charge in [-0.3, -0.25) is 0 Å². The van der Waals surface area contributed by atoms with Crippen LogP contribution >= 0.6 is 0 Å². The van der Waals surface area contributed by atoms with Crippen molar-refractivity contribution in [3.8, 4) is 0 Å². The molecule has 169 valence electrons. The van der Waals surface area contributed by atoms with Crippen molar-refractivity contribution in [2.45, 2.75) is 17.9 Å². The molecule has 0 rings (SSSR count). The van der Waals surface area contributed by atoms with Crippen molar-refractivity contribution in [3.05, 3.63) is 0 Å². The average Bonchev–Trinajstić information content (AvgIpc) is 2.75. The number of hydrogen-bond acceptors (Lipinski definition) is 12. The van der Waals surface area contributed by atoms with Crippen LogP contribution in [0.4, 0.5) is 0 Å². The average molecular weight is 550 g/mol. The zero-order valence-corrected chi connectivity index (χ0v) is 21.2. The van der Waals surface area contributed by atoms with E-state index in [4.69, 9.17) is 0 Å². The summed E-state index contributed by atoms with van der Waals surface area (Å²) in [5.41, 5.74) is 0. The van der Waals surface area contributed by atoms with Gasteiger partial charge in [0.2, 0.25) is 0 Å². The van der Waals surface area contributed by atoms with Crippen molar-refractivity contribution in [1.82, 2.24) is 0 Å². The van der Waals surface area contributed by atoms with Crippen LogP contribution < -0.4 is 15.3 Å². The summed E-state index contributed by atoms with van der Waals surface area (Å²) in [4.78, 5) is 0. The van der Waals surface area contributed by atoms with Gasteiger partial charge in [0.15, 0.2) is 0 Å². The van der Waals surface area contributed by atoms with Crippen LogP contribution in [0.2, 0.25) is 0 Å². The smallest absolute Gasteiger partial charge is 0.849 e. The molecule has 0 fully saturated rings. The van der Waals surface area contributed by atoms with Crippen LogP contribution in [0, 0.1) is 40.8 Å². The molecule has 0 aromatic rings. The molecule has 0 atom stereocenters. The zero-order chi connectivity index (χ0) is 22.0. The molecule has 0 N–H and O–H groups in total. The van der Waals surface area contributed by atoms with E-state index >= 15 is 0 Å². The molecule has 0 aliphatic heterocycles. The van der Waals surface area contributed by atoms with Gasteiger partial charge in [-0.2, -0.15) is 0 Å². The van der Waals surface area contributed by atoms with Crippen molar-refractivity contribution in [2.75, 3.05) is 83.8 Å². The maximum atomic E-state index is 10.3. The molecule has 0 aliphatic rings. The molecule has 0 aromatic heterocycles. The number of rotatable bonds is 12. The van der Waals surface area contributed by atoms with E-state index in [2.05, 4.69) is 42.6 Å². The molecule has 0 aliphatic carbocycles. The van der Waals surface area contributed by atoms with Gasteiger partial charge in [0.1, 0.15) is 0 Å². The molecule has 0 unspecified atom stereocenters. The Morgan fingerprint density at radius 3 is 0.500 bits per heavy atom. The van der Waals surface area contributed by atoms with Gasteiger partial charge in [0.25, 0.3) is 17.9 Å². The van der Waals surface area contributed by atoms with Gasteiger partial charge in [-0.05, 0) is 0 Å². The molecule has 0 saturated carbocycles. The van der Waals surface area contributed by atoms with Crippen molar-refractivity contribution in [1.29, 1.82) is 0 Å². The summed E-state index contributed by atoms with van der Waals surface area (Å²) in [5.74, 6) is -4.17. The minimum absolute atomic E-state index is 0. The van der Waals surface area contributed by atoms with Crippen molar-refractivity contribution >= 4 is 0 Å². The predicted octanol–water partition coefficient (Wildman–Crippen LogP) is -3.18. The van der Waals surface area contributed by atoms with Gasteiger partial charge in [-0.15, -0.1) is 0 Å². The second-order valence-corrected chi connectivity index (χ2v) is 4.32. The first kappa shape index (κ1) is 36.3. The Labute approximate surface area is 199 Å². The fourth-order valence-electron chi connectivity index (χ4n) is 1.28. The molecule has 0 bridgehead atoms. The molecule has 12 nitrogen and oxygen atoms in total. The van der Waals surface area contributed by atoms with E-state index in [0.29, 0.717) is 0 Å². The maximum Gasteiger partial charge on any atom is 3.00 e. The van der Waals surface area contributed by atoms with Gasteiger partial charge in [0.05, 0.1) is 0 Å². The first-order chi connectivity index (χ1) is 12.7. The standard InChI is InChI=1S/3C5H11O4.Nd/c3*1-7-5(4-6,8-2)9-3;/h3*4H2,1-3H3;/q3*-1;+3. The maximum absolute atomic E-state index is 10.3. The van der Waals surface area contributed by atoms with Crippen LogP contribution in [0.5, 0.6) is 0 Å². The van der Waals surface area contributed by atoms with Gasteiger partial charge in [-0.25, -0.2) is 0 Å². The molecule has 13 heteroatoms. The van der Waals surface area contributed by atoms with E-state index in [1.807, 2.05) is 0 Å². The van der Waals surface area contributed by atoms with Crippen LogP contribution in [-0.4, -0.2) is 102 Å². The zero-order valence-electron chi connectivity index (χ0n) is 18.0. The molecule has 1 radical (unpaired) electrons. The first-order valence-corrected chi connectivity index (χ1v) is 7.44. The number of ether oxygens (including phenoxy) is 9. The van der Waals surface area contributed by atoms with Crippen molar-refractivity contribution in [3.63, 3.8) is 0 Å². The summed E-state index contributed by atoms with van der Waals surface area (Å²) in [6.45, 7) is -1.72. The Bertz CT molecular complexity index is 209. The summed E-state index contributed by atoms with van der Waals surface area (Å²) < 4.78 is 41.7. The molecule has 0 amide bonds. The van der Waals surface area contributed by atoms with Crippen LogP contribution in [0.25, 0.3) is 0 Å². The Kier molecular flexibility index (Phi) is 27.3. The molecular weight excluding hydrogens is 516 g/mol. The van der Waals surface area contributed by atoms with Crippen LogP contribution in [-0.2, 0) is 42.6 Å². The van der Waals surface area contributed by atoms with E-state index in [0.717, 1.165) is 0 Å². The fourth-order valence-corrected chi connectivity index (χ4v) is 1.28. The Balaban J connectivity index is -0.000000152. The molecular formula is C15H33NdO12. The third kappa shape index (κ3) is 13.2. The summed E-state index contributed by atoms with van der Waals surface area (Å²) in [7, 11) is 12.2. The van der Waals surface area contributed by atoms with E-state index in [1.54, 1.807) is 0 Å². The SMILES string of the molecule is COC(C[O-])(OC)OC.COC(C[O-])(OC)OC.COC(C[O-])(OC)OC.[Nd+3]. The summed E-state index contributed by atoms with van der Waals surface area (Å²) in [6, 6.07) is 0. The fraction of sp³-hybridized carbons (Fsp3) is 1.00. The predicted molar refractivity (Wildman–Crippen MR) is 85.9 cm³/mol. The Hall–Kier alpha value is 0.871. The quantitative estimate of drug-likeness (QED) is 0.226. The van der Waals surface area contributed by atoms with E-state index < -0.39 is 37.7 Å². The van der Waals surface area contributed by atoms with E-state index in [-0.39, 0.29) is 40.8 Å². The third-order valence-electron chi connectivity index (χ3n) is 3.33. The molecule has 28 heavy (non-hydrogen) atoms. The van der Waals surface area contributed by atoms with Crippen molar-refractivity contribution < 1.29 is 98.8 Å². The number of methoxy groups -OCH3 is 9. The summed E-state index contributed by atoms with van der Waals surface area (Å²) in [5, 5.41) is 30.8.